The number of nitrogens with one attached hydrogen (secondary N) is 1. The first-order valence-electron chi connectivity index (χ1n) is 8.20. The Morgan fingerprint density at radius 2 is 2.29 bits per heavy atom. The van der Waals surface area contributed by atoms with Crippen molar-refractivity contribution in [3.05, 3.63) is 35.0 Å². The average molecular weight is 350 g/mol. The molecule has 1 N–H and O–H groups in total. The van der Waals surface area contributed by atoms with Crippen molar-refractivity contribution in [3.8, 4) is 0 Å². The fraction of sp³-hybridized carbons (Fsp3) is 0.500. The highest BCUT2D eigenvalue weighted by atomic mass is 35.5. The van der Waals surface area contributed by atoms with E-state index in [2.05, 4.69) is 16.9 Å². The third-order valence-electron chi connectivity index (χ3n) is 4.96. The van der Waals surface area contributed by atoms with E-state index in [9.17, 15) is 4.79 Å². The number of halogens is 1. The highest BCUT2D eigenvalue weighted by Gasteiger charge is 2.31. The molecular weight excluding hydrogens is 326 g/mol. The SMILES string of the molecule is CO[C@H]1C[C@@H](CN(C)C(=O)Cc2c[nH]c3cc(Cl)ccc23)N(C)C1. The molecule has 6 heteroatoms. The molecule has 0 unspecified atom stereocenters. The van der Waals surface area contributed by atoms with Crippen LogP contribution in [0.2, 0.25) is 5.02 Å². The summed E-state index contributed by atoms with van der Waals surface area (Å²) >= 11 is 6.01. The zero-order chi connectivity index (χ0) is 17.3. The second-order valence-corrected chi connectivity index (χ2v) is 7.08. The molecule has 3 rings (SSSR count). The van der Waals surface area contributed by atoms with Crippen molar-refractivity contribution in [3.63, 3.8) is 0 Å². The molecule has 0 spiro atoms. The Morgan fingerprint density at radius 1 is 1.50 bits per heavy atom. The van der Waals surface area contributed by atoms with Gasteiger partial charge in [-0.3, -0.25) is 9.69 Å². The number of likely N-dealkylation sites (tertiary alicyclic amines) is 1. The van der Waals surface area contributed by atoms with Crippen LogP contribution in [0.4, 0.5) is 0 Å². The van der Waals surface area contributed by atoms with Crippen molar-refractivity contribution in [2.24, 2.45) is 0 Å². The fourth-order valence-electron chi connectivity index (χ4n) is 3.43. The van der Waals surface area contributed by atoms with Crippen LogP contribution in [0.1, 0.15) is 12.0 Å². The Labute approximate surface area is 147 Å². The maximum Gasteiger partial charge on any atom is 0.226 e. The summed E-state index contributed by atoms with van der Waals surface area (Å²) in [6.07, 6.45) is 3.52. The van der Waals surface area contributed by atoms with Crippen molar-refractivity contribution in [2.75, 3.05) is 34.3 Å². The summed E-state index contributed by atoms with van der Waals surface area (Å²) in [7, 11) is 5.71. The number of hydrogen-bond donors (Lipinski definition) is 1. The van der Waals surface area contributed by atoms with Crippen LogP contribution in [-0.4, -0.2) is 67.1 Å². The molecule has 0 aliphatic carbocycles. The smallest absolute Gasteiger partial charge is 0.226 e. The molecule has 130 valence electrons. The normalized spacial score (nSPS) is 21.5. The molecule has 1 aromatic heterocycles. The second-order valence-electron chi connectivity index (χ2n) is 6.64. The van der Waals surface area contributed by atoms with E-state index in [1.165, 1.54) is 0 Å². The van der Waals surface area contributed by atoms with Crippen LogP contribution in [0, 0.1) is 0 Å². The summed E-state index contributed by atoms with van der Waals surface area (Å²) < 4.78 is 5.44. The van der Waals surface area contributed by atoms with Gasteiger partial charge in [-0.25, -0.2) is 0 Å². The lowest BCUT2D eigenvalue weighted by Gasteiger charge is -2.25. The van der Waals surface area contributed by atoms with Crippen LogP contribution in [0.25, 0.3) is 10.9 Å². The molecule has 1 aliphatic heterocycles. The predicted molar refractivity (Wildman–Crippen MR) is 96.5 cm³/mol. The Kier molecular flexibility index (Phi) is 5.13. The number of benzene rings is 1. The molecule has 1 saturated heterocycles. The Morgan fingerprint density at radius 3 is 3.00 bits per heavy atom. The summed E-state index contributed by atoms with van der Waals surface area (Å²) in [5.74, 6) is 0.125. The largest absolute Gasteiger partial charge is 0.380 e. The van der Waals surface area contributed by atoms with E-state index in [1.54, 1.807) is 7.11 Å². The number of carbonyl (C=O) groups is 1. The summed E-state index contributed by atoms with van der Waals surface area (Å²) in [4.78, 5) is 19.9. The maximum atomic E-state index is 12.6. The predicted octanol–water partition coefficient (Wildman–Crippen LogP) is 2.54. The number of amides is 1. The minimum Gasteiger partial charge on any atom is -0.380 e. The van der Waals surface area contributed by atoms with Crippen LogP contribution < -0.4 is 0 Å². The first kappa shape index (κ1) is 17.3. The van der Waals surface area contributed by atoms with Gasteiger partial charge in [-0.1, -0.05) is 17.7 Å². The monoisotopic (exact) mass is 349 g/mol. The zero-order valence-electron chi connectivity index (χ0n) is 14.4. The van der Waals surface area contributed by atoms with Crippen molar-refractivity contribution >= 4 is 28.4 Å². The molecule has 2 aromatic rings. The molecule has 0 radical (unpaired) electrons. The molecule has 24 heavy (non-hydrogen) atoms. The van der Waals surface area contributed by atoms with Crippen LogP contribution >= 0.6 is 11.6 Å². The van der Waals surface area contributed by atoms with Crippen molar-refractivity contribution < 1.29 is 9.53 Å². The second kappa shape index (κ2) is 7.13. The van der Waals surface area contributed by atoms with Gasteiger partial charge in [0.2, 0.25) is 5.91 Å². The Bertz CT molecular complexity index is 730. The van der Waals surface area contributed by atoms with E-state index in [0.717, 1.165) is 36.0 Å². The number of aromatic amines is 1. The number of ether oxygens (including phenoxy) is 1. The number of nitrogens with zero attached hydrogens (tertiary/aromatic N) is 2. The topological polar surface area (TPSA) is 48.6 Å². The number of methoxy groups -OCH3 is 1. The molecule has 1 aromatic carbocycles. The molecule has 5 nitrogen and oxygen atoms in total. The van der Waals surface area contributed by atoms with Gasteiger partial charge in [-0.2, -0.15) is 0 Å². The van der Waals surface area contributed by atoms with Gasteiger partial charge < -0.3 is 14.6 Å². The maximum absolute atomic E-state index is 12.6. The van der Waals surface area contributed by atoms with E-state index in [1.807, 2.05) is 36.3 Å². The highest BCUT2D eigenvalue weighted by molar-refractivity contribution is 6.31. The van der Waals surface area contributed by atoms with Gasteiger partial charge >= 0.3 is 0 Å². The van der Waals surface area contributed by atoms with Crippen LogP contribution in [0.5, 0.6) is 0 Å². The number of likely N-dealkylation sites (N-methyl/N-ethyl adjacent to an activating group) is 2. The Balaban J connectivity index is 1.63. The first-order valence-corrected chi connectivity index (χ1v) is 8.58. The summed E-state index contributed by atoms with van der Waals surface area (Å²) in [5.41, 5.74) is 1.97. The minimum absolute atomic E-state index is 0.125. The third-order valence-corrected chi connectivity index (χ3v) is 5.20. The minimum atomic E-state index is 0.125. The lowest BCUT2D eigenvalue weighted by molar-refractivity contribution is -0.129. The number of hydrogen-bond acceptors (Lipinski definition) is 3. The molecule has 0 bridgehead atoms. The summed E-state index contributed by atoms with van der Waals surface area (Å²) in [6.45, 7) is 1.65. The Hall–Kier alpha value is -1.56. The first-order chi connectivity index (χ1) is 11.5. The van der Waals surface area contributed by atoms with Gasteiger partial charge in [0.25, 0.3) is 0 Å². The molecular formula is C18H24ClN3O2. The standard InChI is InChI=1S/C18H24ClN3O2/c1-21-11-15(24-3)8-14(21)10-22(2)18(23)6-12-9-20-17-7-13(19)4-5-16(12)17/h4-5,7,9,14-15,20H,6,8,10-11H2,1-3H3/t14-,15-/m0/s1. The van der Waals surface area contributed by atoms with E-state index in [0.29, 0.717) is 17.5 Å². The highest BCUT2D eigenvalue weighted by Crippen LogP contribution is 2.23. The van der Waals surface area contributed by atoms with Gasteiger partial charge in [0.05, 0.1) is 12.5 Å². The lowest BCUT2D eigenvalue weighted by Crippen LogP contribution is -2.40. The average Bonchev–Trinajstić information content (AvgIpc) is 3.10. The summed E-state index contributed by atoms with van der Waals surface area (Å²) in [6, 6.07) is 6.05. The molecule has 0 saturated carbocycles. The molecule has 1 amide bonds. The quantitative estimate of drug-likeness (QED) is 0.902. The number of fused-ring (bicyclic) bond motifs is 1. The number of H-pyrrole nitrogens is 1. The van der Waals surface area contributed by atoms with Crippen molar-refractivity contribution in [1.29, 1.82) is 0 Å². The van der Waals surface area contributed by atoms with Crippen LogP contribution in [-0.2, 0) is 16.0 Å². The molecule has 1 aliphatic rings. The van der Waals surface area contributed by atoms with E-state index >= 15 is 0 Å². The van der Waals surface area contributed by atoms with Crippen LogP contribution in [0.3, 0.4) is 0 Å². The van der Waals surface area contributed by atoms with Gasteiger partial charge in [-0.15, -0.1) is 0 Å². The number of rotatable bonds is 5. The van der Waals surface area contributed by atoms with Gasteiger partial charge in [0.1, 0.15) is 0 Å². The number of aromatic nitrogens is 1. The van der Waals surface area contributed by atoms with Crippen molar-refractivity contribution in [2.45, 2.75) is 25.0 Å². The third kappa shape index (κ3) is 3.58. The van der Waals surface area contributed by atoms with E-state index in [-0.39, 0.29) is 12.0 Å². The lowest BCUT2D eigenvalue weighted by atomic mass is 10.1. The summed E-state index contributed by atoms with van der Waals surface area (Å²) in [5, 5.41) is 1.75. The zero-order valence-corrected chi connectivity index (χ0v) is 15.1. The fourth-order valence-corrected chi connectivity index (χ4v) is 3.61. The molecule has 2 atom stereocenters. The van der Waals surface area contributed by atoms with Crippen molar-refractivity contribution in [1.82, 2.24) is 14.8 Å². The molecule has 1 fully saturated rings. The van der Waals surface area contributed by atoms with Gasteiger partial charge in [0, 0.05) is 55.4 Å². The van der Waals surface area contributed by atoms with Crippen LogP contribution in [0.15, 0.2) is 24.4 Å². The number of carbonyl (C=O) groups excluding carboxylic acids is 1. The van der Waals surface area contributed by atoms with E-state index in [4.69, 9.17) is 16.3 Å². The van der Waals surface area contributed by atoms with Gasteiger partial charge in [-0.05, 0) is 31.2 Å². The van der Waals surface area contributed by atoms with E-state index < -0.39 is 0 Å². The van der Waals surface area contributed by atoms with Gasteiger partial charge in [0.15, 0.2) is 0 Å². The molecule has 2 heterocycles.